The molecule has 3 amide bonds. The number of anilines is 3. The number of nitrogens with one attached hydrogen (secondary N) is 3. The second-order valence-corrected chi connectivity index (χ2v) is 9.53. The first-order valence-corrected chi connectivity index (χ1v) is 13.2. The van der Waals surface area contributed by atoms with Gasteiger partial charge in [-0.2, -0.15) is 13.2 Å². The molecule has 0 bridgehead atoms. The first kappa shape index (κ1) is 30.6. The van der Waals surface area contributed by atoms with Crippen molar-refractivity contribution in [2.75, 3.05) is 16.0 Å². The van der Waals surface area contributed by atoms with Crippen LogP contribution in [-0.2, 0) is 40.0 Å². The van der Waals surface area contributed by atoms with Gasteiger partial charge in [-0.15, -0.1) is 0 Å². The molecule has 0 aliphatic rings. The van der Waals surface area contributed by atoms with Gasteiger partial charge in [0.1, 0.15) is 12.4 Å². The van der Waals surface area contributed by atoms with Crippen molar-refractivity contribution in [3.63, 3.8) is 0 Å². The summed E-state index contributed by atoms with van der Waals surface area (Å²) in [5, 5.41) is 17.6. The van der Waals surface area contributed by atoms with E-state index in [-0.39, 0.29) is 43.2 Å². The first-order valence-electron chi connectivity index (χ1n) is 13.2. The Kier molecular flexibility index (Phi) is 10.00. The number of hydrogen-bond donors (Lipinski definition) is 4. The summed E-state index contributed by atoms with van der Waals surface area (Å²) < 4.78 is 44.7. The molecule has 4 N–H and O–H groups in total. The van der Waals surface area contributed by atoms with Gasteiger partial charge in [0.25, 0.3) is 0 Å². The summed E-state index contributed by atoms with van der Waals surface area (Å²) >= 11 is 0. The van der Waals surface area contributed by atoms with Crippen LogP contribution in [0.4, 0.5) is 35.0 Å². The van der Waals surface area contributed by atoms with E-state index in [1.54, 1.807) is 18.2 Å². The number of ether oxygens (including phenoxy) is 1. The van der Waals surface area contributed by atoms with Gasteiger partial charge in [0.2, 0.25) is 5.91 Å². The van der Waals surface area contributed by atoms with Crippen LogP contribution in [0.3, 0.4) is 0 Å². The van der Waals surface area contributed by atoms with Crippen molar-refractivity contribution in [1.82, 2.24) is 0 Å². The van der Waals surface area contributed by atoms with Gasteiger partial charge in [0.05, 0.1) is 17.7 Å². The SMILES string of the molecule is O=C(Cc1ccc(NC(=O)Nc2ccccc2C(F)(F)F)cc1)Nc1ccc(O)c(CCC(=O)OCc2ccccc2)c1. The van der Waals surface area contributed by atoms with Gasteiger partial charge < -0.3 is 25.8 Å². The van der Waals surface area contributed by atoms with Gasteiger partial charge in [0.15, 0.2) is 0 Å². The number of urea groups is 1. The zero-order valence-corrected chi connectivity index (χ0v) is 22.8. The van der Waals surface area contributed by atoms with Gasteiger partial charge >= 0.3 is 18.2 Å². The fourth-order valence-electron chi connectivity index (χ4n) is 4.13. The molecular formula is C32H28F3N3O5. The Labute approximate surface area is 245 Å². The van der Waals surface area contributed by atoms with E-state index in [2.05, 4.69) is 16.0 Å². The number of aromatic hydroxyl groups is 1. The number of para-hydroxylation sites is 1. The molecule has 0 fully saturated rings. The first-order chi connectivity index (χ1) is 20.6. The number of carbonyl (C=O) groups excluding carboxylic acids is 3. The van der Waals surface area contributed by atoms with Crippen LogP contribution in [0.2, 0.25) is 0 Å². The van der Waals surface area contributed by atoms with E-state index in [1.807, 2.05) is 30.3 Å². The molecule has 8 nitrogen and oxygen atoms in total. The van der Waals surface area contributed by atoms with Gasteiger partial charge in [-0.3, -0.25) is 9.59 Å². The number of esters is 1. The average Bonchev–Trinajstić information content (AvgIpc) is 2.97. The van der Waals surface area contributed by atoms with Crippen molar-refractivity contribution in [1.29, 1.82) is 0 Å². The van der Waals surface area contributed by atoms with E-state index in [9.17, 15) is 32.7 Å². The van der Waals surface area contributed by atoms with Gasteiger partial charge in [-0.05, 0) is 65.6 Å². The van der Waals surface area contributed by atoms with Crippen LogP contribution in [0.15, 0.2) is 97.1 Å². The predicted molar refractivity (Wildman–Crippen MR) is 156 cm³/mol. The minimum absolute atomic E-state index is 0.00649. The summed E-state index contributed by atoms with van der Waals surface area (Å²) in [5.41, 5.74) is 1.37. The monoisotopic (exact) mass is 591 g/mol. The van der Waals surface area contributed by atoms with Crippen LogP contribution in [0.5, 0.6) is 5.75 Å². The summed E-state index contributed by atoms with van der Waals surface area (Å²) in [7, 11) is 0. The lowest BCUT2D eigenvalue weighted by atomic mass is 10.1. The number of amides is 3. The van der Waals surface area contributed by atoms with Gasteiger partial charge in [-0.25, -0.2) is 4.79 Å². The molecule has 0 aromatic heterocycles. The number of carbonyl (C=O) groups is 3. The molecule has 0 aliphatic carbocycles. The van der Waals surface area contributed by atoms with Crippen molar-refractivity contribution < 1.29 is 37.4 Å². The molecule has 0 unspecified atom stereocenters. The largest absolute Gasteiger partial charge is 0.508 e. The topological polar surface area (TPSA) is 117 Å². The van der Waals surface area contributed by atoms with Gasteiger partial charge in [-0.1, -0.05) is 54.6 Å². The molecule has 4 aromatic rings. The van der Waals surface area contributed by atoms with Crippen LogP contribution in [0, 0.1) is 0 Å². The minimum Gasteiger partial charge on any atom is -0.508 e. The third kappa shape index (κ3) is 9.35. The van der Waals surface area contributed by atoms with Crippen LogP contribution < -0.4 is 16.0 Å². The normalized spacial score (nSPS) is 11.0. The van der Waals surface area contributed by atoms with Crippen LogP contribution in [0.25, 0.3) is 0 Å². The molecule has 0 radical (unpaired) electrons. The Morgan fingerprint density at radius 2 is 1.42 bits per heavy atom. The summed E-state index contributed by atoms with van der Waals surface area (Å²) in [4.78, 5) is 37.0. The van der Waals surface area contributed by atoms with Crippen LogP contribution >= 0.6 is 0 Å². The zero-order chi connectivity index (χ0) is 30.8. The Morgan fingerprint density at radius 1 is 0.744 bits per heavy atom. The molecule has 4 aromatic carbocycles. The summed E-state index contributed by atoms with van der Waals surface area (Å²) in [5.74, 6) is -0.775. The molecule has 0 saturated heterocycles. The highest BCUT2D eigenvalue weighted by Gasteiger charge is 2.33. The van der Waals surface area contributed by atoms with E-state index in [1.165, 1.54) is 36.4 Å². The summed E-state index contributed by atoms with van der Waals surface area (Å²) in [6, 6.07) is 23.8. The molecule has 0 saturated carbocycles. The fraction of sp³-hybridized carbons (Fsp3) is 0.156. The second-order valence-electron chi connectivity index (χ2n) is 9.53. The van der Waals surface area contributed by atoms with Gasteiger partial charge in [0, 0.05) is 17.8 Å². The molecule has 0 atom stereocenters. The Balaban J connectivity index is 1.26. The second kappa shape index (κ2) is 14.0. The number of phenolic OH excluding ortho intramolecular Hbond substituents is 1. The Morgan fingerprint density at radius 3 is 2.14 bits per heavy atom. The van der Waals surface area contributed by atoms with Crippen molar-refractivity contribution in [3.8, 4) is 5.75 Å². The minimum atomic E-state index is -4.62. The number of alkyl halides is 3. The molecule has 0 aliphatic heterocycles. The van der Waals surface area contributed by atoms with Crippen LogP contribution in [-0.4, -0.2) is 23.0 Å². The molecule has 43 heavy (non-hydrogen) atoms. The number of halogens is 3. The quantitative estimate of drug-likeness (QED) is 0.118. The third-order valence-corrected chi connectivity index (χ3v) is 6.26. The number of rotatable bonds is 10. The number of benzene rings is 4. The molecule has 0 heterocycles. The molecular weight excluding hydrogens is 563 g/mol. The Bertz CT molecular complexity index is 1580. The van der Waals surface area contributed by atoms with E-state index < -0.39 is 23.7 Å². The highest BCUT2D eigenvalue weighted by molar-refractivity contribution is 6.00. The highest BCUT2D eigenvalue weighted by Crippen LogP contribution is 2.34. The summed E-state index contributed by atoms with van der Waals surface area (Å²) in [6.45, 7) is 0.155. The fourth-order valence-corrected chi connectivity index (χ4v) is 4.13. The molecule has 11 heteroatoms. The maximum absolute atomic E-state index is 13.2. The van der Waals surface area contributed by atoms with E-state index >= 15 is 0 Å². The third-order valence-electron chi connectivity index (χ3n) is 6.26. The lowest BCUT2D eigenvalue weighted by Crippen LogP contribution is -2.21. The number of phenols is 1. The van der Waals surface area contributed by atoms with Crippen molar-refractivity contribution >= 4 is 35.0 Å². The predicted octanol–water partition coefficient (Wildman–Crippen LogP) is 6.91. The van der Waals surface area contributed by atoms with Crippen molar-refractivity contribution in [2.45, 2.75) is 32.0 Å². The number of aryl methyl sites for hydroxylation is 1. The average molecular weight is 592 g/mol. The van der Waals surface area contributed by atoms with E-state index in [0.29, 0.717) is 22.5 Å². The van der Waals surface area contributed by atoms with Crippen LogP contribution in [0.1, 0.15) is 28.7 Å². The maximum Gasteiger partial charge on any atom is 0.418 e. The lowest BCUT2D eigenvalue weighted by molar-refractivity contribution is -0.145. The Hall–Kier alpha value is -5.32. The highest BCUT2D eigenvalue weighted by atomic mass is 19.4. The standard InChI is InChI=1S/C32H28F3N3O5/c33-32(34,35)26-8-4-5-9-27(26)38-31(42)37-24-13-10-21(11-14-24)18-29(40)36-25-15-16-28(39)23(19-25)12-17-30(41)43-20-22-6-2-1-3-7-22/h1-11,13-16,19,39H,12,17-18,20H2,(H,36,40)(H2,37,38,42). The molecule has 222 valence electrons. The number of hydrogen-bond acceptors (Lipinski definition) is 5. The van der Waals surface area contributed by atoms with E-state index in [4.69, 9.17) is 4.74 Å². The zero-order valence-electron chi connectivity index (χ0n) is 22.8. The molecule has 0 spiro atoms. The lowest BCUT2D eigenvalue weighted by Gasteiger charge is -2.14. The van der Waals surface area contributed by atoms with E-state index in [0.717, 1.165) is 17.7 Å². The maximum atomic E-state index is 13.2. The van der Waals surface area contributed by atoms with Crippen molar-refractivity contribution in [2.24, 2.45) is 0 Å². The smallest absolute Gasteiger partial charge is 0.418 e. The molecule has 4 rings (SSSR count). The van der Waals surface area contributed by atoms with Crippen molar-refractivity contribution in [3.05, 3.63) is 119 Å². The summed E-state index contributed by atoms with van der Waals surface area (Å²) in [6.07, 6.45) is -4.37.